The number of anilines is 1. The van der Waals surface area contributed by atoms with Crippen LogP contribution in [0, 0.1) is 6.92 Å². The van der Waals surface area contributed by atoms with Crippen molar-refractivity contribution in [3.8, 4) is 0 Å². The van der Waals surface area contributed by atoms with Crippen LogP contribution in [0.1, 0.15) is 18.9 Å². The molecule has 1 fully saturated rings. The van der Waals surface area contributed by atoms with E-state index in [1.807, 2.05) is 24.8 Å². The fourth-order valence-corrected chi connectivity index (χ4v) is 3.95. The Hall–Kier alpha value is -0.680. The topological polar surface area (TPSA) is 46.2 Å². The van der Waals surface area contributed by atoms with Crippen LogP contribution in [0.2, 0.25) is 0 Å². The molecule has 1 aromatic carbocycles. The molecular formula is C13H19NO2S2. The van der Waals surface area contributed by atoms with E-state index in [2.05, 4.69) is 12.2 Å². The summed E-state index contributed by atoms with van der Waals surface area (Å²) in [5.41, 5.74) is 2.03. The largest absolute Gasteiger partial charge is 0.381 e. The zero-order valence-corrected chi connectivity index (χ0v) is 12.6. The molecule has 1 aromatic rings. The van der Waals surface area contributed by atoms with Crippen molar-refractivity contribution in [1.82, 2.24) is 0 Å². The zero-order chi connectivity index (χ0) is 13.3. The lowest BCUT2D eigenvalue weighted by Gasteiger charge is -2.20. The predicted molar refractivity (Wildman–Crippen MR) is 78.2 cm³/mol. The maximum atomic E-state index is 11.6. The van der Waals surface area contributed by atoms with Gasteiger partial charge in [-0.1, -0.05) is 13.0 Å². The Morgan fingerprint density at radius 2 is 2.11 bits per heavy atom. The number of thioether (sulfide) groups is 1. The van der Waals surface area contributed by atoms with Crippen LogP contribution in [0.5, 0.6) is 0 Å². The molecule has 0 saturated carbocycles. The van der Waals surface area contributed by atoms with Gasteiger partial charge in [0.15, 0.2) is 9.84 Å². The molecular weight excluding hydrogens is 266 g/mol. The number of rotatable bonds is 3. The van der Waals surface area contributed by atoms with Gasteiger partial charge in [0.2, 0.25) is 0 Å². The lowest BCUT2D eigenvalue weighted by molar-refractivity contribution is 0.602. The molecule has 1 N–H and O–H groups in total. The maximum absolute atomic E-state index is 11.6. The predicted octanol–water partition coefficient (Wildman–Crippen LogP) is 2.70. The molecule has 0 aliphatic carbocycles. The smallest absolute Gasteiger partial charge is 0.175 e. The molecule has 0 aromatic heterocycles. The molecule has 18 heavy (non-hydrogen) atoms. The summed E-state index contributed by atoms with van der Waals surface area (Å²) in [4.78, 5) is 0.383. The van der Waals surface area contributed by atoms with Crippen LogP contribution in [0.4, 0.5) is 5.69 Å². The second-order valence-electron chi connectivity index (χ2n) is 4.86. The number of hydrogen-bond acceptors (Lipinski definition) is 4. The van der Waals surface area contributed by atoms with Gasteiger partial charge >= 0.3 is 0 Å². The van der Waals surface area contributed by atoms with Crippen molar-refractivity contribution in [2.45, 2.75) is 36.5 Å². The first kappa shape index (κ1) is 13.7. The van der Waals surface area contributed by atoms with Gasteiger partial charge in [-0.2, -0.15) is 11.8 Å². The normalized spacial score (nSPS) is 24.2. The lowest BCUT2D eigenvalue weighted by atomic mass is 10.1. The monoisotopic (exact) mass is 285 g/mol. The van der Waals surface area contributed by atoms with Crippen LogP contribution in [-0.2, 0) is 9.84 Å². The molecule has 2 unspecified atom stereocenters. The van der Waals surface area contributed by atoms with Crippen LogP contribution in [0.15, 0.2) is 23.1 Å². The van der Waals surface area contributed by atoms with Crippen LogP contribution in [0.3, 0.4) is 0 Å². The first-order valence-corrected chi connectivity index (χ1v) is 9.01. The molecule has 1 saturated heterocycles. The third-order valence-electron chi connectivity index (χ3n) is 3.35. The first-order chi connectivity index (χ1) is 8.38. The lowest BCUT2D eigenvalue weighted by Crippen LogP contribution is -2.25. The Kier molecular flexibility index (Phi) is 3.92. The summed E-state index contributed by atoms with van der Waals surface area (Å²) in [6.45, 7) is 4.21. The van der Waals surface area contributed by atoms with Crippen molar-refractivity contribution in [2.24, 2.45) is 0 Å². The Morgan fingerprint density at radius 1 is 1.39 bits per heavy atom. The highest BCUT2D eigenvalue weighted by atomic mass is 32.2. The summed E-state index contributed by atoms with van der Waals surface area (Å²) in [7, 11) is -3.13. The van der Waals surface area contributed by atoms with Crippen molar-refractivity contribution in [3.63, 3.8) is 0 Å². The molecule has 0 radical (unpaired) electrons. The molecule has 2 atom stereocenters. The summed E-state index contributed by atoms with van der Waals surface area (Å²) in [5.74, 6) is 1.17. The van der Waals surface area contributed by atoms with E-state index in [0.29, 0.717) is 16.2 Å². The van der Waals surface area contributed by atoms with Gasteiger partial charge < -0.3 is 5.32 Å². The zero-order valence-electron chi connectivity index (χ0n) is 10.9. The average Bonchev–Trinajstić information content (AvgIpc) is 2.66. The molecule has 0 amide bonds. The van der Waals surface area contributed by atoms with E-state index < -0.39 is 9.84 Å². The Labute approximate surface area is 113 Å². The van der Waals surface area contributed by atoms with Gasteiger partial charge in [-0.3, -0.25) is 0 Å². The molecule has 2 rings (SSSR count). The highest BCUT2D eigenvalue weighted by molar-refractivity contribution is 8.00. The fourth-order valence-electron chi connectivity index (χ4n) is 2.11. The van der Waals surface area contributed by atoms with Crippen LogP contribution in [-0.4, -0.2) is 31.7 Å². The molecule has 0 spiro atoms. The van der Waals surface area contributed by atoms with Crippen molar-refractivity contribution in [3.05, 3.63) is 23.8 Å². The molecule has 1 aliphatic heterocycles. The van der Waals surface area contributed by atoms with Gasteiger partial charge in [0.25, 0.3) is 0 Å². The van der Waals surface area contributed by atoms with Crippen LogP contribution in [0.25, 0.3) is 0 Å². The minimum Gasteiger partial charge on any atom is -0.381 e. The number of sulfone groups is 1. The van der Waals surface area contributed by atoms with Gasteiger partial charge in [0, 0.05) is 23.2 Å². The van der Waals surface area contributed by atoms with E-state index in [1.54, 1.807) is 12.1 Å². The molecule has 3 nitrogen and oxygen atoms in total. The number of benzene rings is 1. The average molecular weight is 285 g/mol. The SMILES string of the molecule is Cc1ccc(S(C)(=O)=O)cc1NC1CCSC1C. The van der Waals surface area contributed by atoms with E-state index in [-0.39, 0.29) is 0 Å². The minimum absolute atomic E-state index is 0.383. The quantitative estimate of drug-likeness (QED) is 0.927. The summed E-state index contributed by atoms with van der Waals surface area (Å²) >= 11 is 1.96. The molecule has 1 heterocycles. The summed E-state index contributed by atoms with van der Waals surface area (Å²) in [5, 5.41) is 4.06. The summed E-state index contributed by atoms with van der Waals surface area (Å²) in [6.07, 6.45) is 2.38. The third-order valence-corrected chi connectivity index (χ3v) is 5.79. The second kappa shape index (κ2) is 5.13. The standard InChI is InChI=1S/C13H19NO2S2/c1-9-4-5-11(18(3,15)16)8-13(9)14-12-6-7-17-10(12)2/h4-5,8,10,12,14H,6-7H2,1-3H3. The molecule has 5 heteroatoms. The second-order valence-corrected chi connectivity index (χ2v) is 8.37. The van der Waals surface area contributed by atoms with Gasteiger partial charge in [0.05, 0.1) is 4.90 Å². The van der Waals surface area contributed by atoms with Crippen molar-refractivity contribution < 1.29 is 8.42 Å². The van der Waals surface area contributed by atoms with Gasteiger partial charge in [0.1, 0.15) is 0 Å². The van der Waals surface area contributed by atoms with Crippen LogP contribution >= 0.6 is 11.8 Å². The van der Waals surface area contributed by atoms with Gasteiger partial charge in [-0.05, 0) is 36.8 Å². The highest BCUT2D eigenvalue weighted by Crippen LogP contribution is 2.30. The van der Waals surface area contributed by atoms with E-state index in [4.69, 9.17) is 0 Å². The molecule has 100 valence electrons. The molecule has 0 bridgehead atoms. The van der Waals surface area contributed by atoms with Gasteiger partial charge in [-0.25, -0.2) is 8.42 Å². The van der Waals surface area contributed by atoms with Crippen molar-refractivity contribution in [2.75, 3.05) is 17.3 Å². The third kappa shape index (κ3) is 3.01. The molecule has 1 aliphatic rings. The Balaban J connectivity index is 2.27. The summed E-state index contributed by atoms with van der Waals surface area (Å²) < 4.78 is 23.1. The Bertz CT molecular complexity index is 540. The number of hydrogen-bond donors (Lipinski definition) is 1. The maximum Gasteiger partial charge on any atom is 0.175 e. The summed E-state index contributed by atoms with van der Waals surface area (Å²) in [6, 6.07) is 5.72. The van der Waals surface area contributed by atoms with Crippen molar-refractivity contribution in [1.29, 1.82) is 0 Å². The highest BCUT2D eigenvalue weighted by Gasteiger charge is 2.24. The first-order valence-electron chi connectivity index (χ1n) is 6.07. The fraction of sp³-hybridized carbons (Fsp3) is 0.538. The minimum atomic E-state index is -3.13. The van der Waals surface area contributed by atoms with E-state index in [0.717, 1.165) is 17.7 Å². The number of nitrogens with one attached hydrogen (secondary N) is 1. The van der Waals surface area contributed by atoms with E-state index in [9.17, 15) is 8.42 Å². The van der Waals surface area contributed by atoms with Gasteiger partial charge in [-0.15, -0.1) is 0 Å². The number of aryl methyl sites for hydroxylation is 1. The van der Waals surface area contributed by atoms with Crippen LogP contribution < -0.4 is 5.32 Å². The van der Waals surface area contributed by atoms with E-state index in [1.165, 1.54) is 12.0 Å². The van der Waals surface area contributed by atoms with E-state index >= 15 is 0 Å². The Morgan fingerprint density at radius 3 is 2.67 bits per heavy atom. The van der Waals surface area contributed by atoms with Crippen molar-refractivity contribution >= 4 is 27.3 Å².